The summed E-state index contributed by atoms with van der Waals surface area (Å²) in [6.07, 6.45) is 0. The average molecular weight is 341 g/mol. The molecule has 0 aliphatic carbocycles. The van der Waals surface area contributed by atoms with E-state index < -0.39 is 10.1 Å². The predicted octanol–water partition coefficient (Wildman–Crippen LogP) is 3.42. The van der Waals surface area contributed by atoms with Crippen LogP contribution < -0.4 is 4.18 Å². The number of nitrogens with zero attached hydrogens (tertiary/aromatic N) is 2. The molecule has 0 unspecified atom stereocenters. The third kappa shape index (κ3) is 2.72. The maximum Gasteiger partial charge on any atom is 0.341 e. The van der Waals surface area contributed by atoms with Crippen LogP contribution in [0.3, 0.4) is 0 Å². The van der Waals surface area contributed by atoms with Gasteiger partial charge in [0.1, 0.15) is 21.7 Å². The molecule has 108 valence electrons. The van der Waals surface area contributed by atoms with Gasteiger partial charge in [0.2, 0.25) is 0 Å². The molecule has 2 aromatic carbocycles. The lowest BCUT2D eigenvalue weighted by Crippen LogP contribution is -2.10. The molecular weight excluding hydrogens is 332 g/mol. The van der Waals surface area contributed by atoms with Gasteiger partial charge in [-0.25, -0.2) is 0 Å². The van der Waals surface area contributed by atoms with Crippen LogP contribution in [-0.4, -0.2) is 17.2 Å². The van der Waals surface area contributed by atoms with Crippen molar-refractivity contribution < 1.29 is 12.6 Å². The summed E-state index contributed by atoms with van der Waals surface area (Å²) in [5.41, 5.74) is 1.57. The Hall–Kier alpha value is -1.70. The summed E-state index contributed by atoms with van der Waals surface area (Å²) in [6.45, 7) is 1.77. The third-order valence-electron chi connectivity index (χ3n) is 2.85. The van der Waals surface area contributed by atoms with Crippen molar-refractivity contribution in [2.75, 3.05) is 0 Å². The molecule has 1 heterocycles. The van der Waals surface area contributed by atoms with Crippen molar-refractivity contribution in [3.63, 3.8) is 0 Å². The van der Waals surface area contributed by atoms with Gasteiger partial charge in [-0.1, -0.05) is 17.7 Å². The van der Waals surface area contributed by atoms with Crippen molar-refractivity contribution in [3.05, 3.63) is 47.0 Å². The summed E-state index contributed by atoms with van der Waals surface area (Å²) >= 11 is 6.87. The van der Waals surface area contributed by atoms with E-state index in [4.69, 9.17) is 15.8 Å². The van der Waals surface area contributed by atoms with Gasteiger partial charge in [-0.3, -0.25) is 0 Å². The molecule has 0 atom stereocenters. The second kappa shape index (κ2) is 5.25. The summed E-state index contributed by atoms with van der Waals surface area (Å²) in [5.74, 6) is 0.206. The van der Waals surface area contributed by atoms with Crippen molar-refractivity contribution in [1.82, 2.24) is 8.75 Å². The second-order valence-electron chi connectivity index (χ2n) is 4.34. The van der Waals surface area contributed by atoms with E-state index >= 15 is 0 Å². The number of fused-ring (bicyclic) bond motifs is 1. The lowest BCUT2D eigenvalue weighted by Gasteiger charge is -2.08. The first-order chi connectivity index (χ1) is 9.97. The van der Waals surface area contributed by atoms with Crippen LogP contribution in [0.15, 0.2) is 41.3 Å². The standard InChI is InChI=1S/C13H9ClN2O3S2/c1-8-7-9(5-6-10(8)14)19-21(17,18)12-4-2-3-11-13(12)16-20-15-11/h2-7H,1H3. The zero-order valence-electron chi connectivity index (χ0n) is 10.8. The lowest BCUT2D eigenvalue weighted by molar-refractivity contribution is 0.487. The fourth-order valence-corrected chi connectivity index (χ4v) is 3.63. The minimum Gasteiger partial charge on any atom is -0.379 e. The quantitative estimate of drug-likeness (QED) is 0.683. The van der Waals surface area contributed by atoms with Gasteiger partial charge >= 0.3 is 10.1 Å². The van der Waals surface area contributed by atoms with Crippen LogP contribution in [0.25, 0.3) is 11.0 Å². The molecule has 1 aromatic heterocycles. The van der Waals surface area contributed by atoms with Crippen LogP contribution in [0.1, 0.15) is 5.56 Å². The average Bonchev–Trinajstić information content (AvgIpc) is 2.90. The molecule has 0 radical (unpaired) electrons. The summed E-state index contributed by atoms with van der Waals surface area (Å²) < 4.78 is 38.0. The molecule has 5 nitrogen and oxygen atoms in total. The molecule has 3 rings (SSSR count). The molecule has 0 aliphatic heterocycles. The highest BCUT2D eigenvalue weighted by atomic mass is 35.5. The topological polar surface area (TPSA) is 69.2 Å². The molecule has 0 amide bonds. The summed E-state index contributed by atoms with van der Waals surface area (Å²) in [7, 11) is -3.98. The number of rotatable bonds is 3. The third-order valence-corrected chi connectivity index (χ3v) is 5.10. The highest BCUT2D eigenvalue weighted by molar-refractivity contribution is 7.87. The van der Waals surface area contributed by atoms with Crippen LogP contribution in [0.2, 0.25) is 5.02 Å². The Bertz CT molecular complexity index is 922. The Morgan fingerprint density at radius 2 is 2.00 bits per heavy atom. The van der Waals surface area contributed by atoms with Gasteiger partial charge < -0.3 is 4.18 Å². The molecule has 21 heavy (non-hydrogen) atoms. The first-order valence-electron chi connectivity index (χ1n) is 5.89. The molecule has 0 bridgehead atoms. The van der Waals surface area contributed by atoms with Gasteiger partial charge in [-0.2, -0.15) is 17.2 Å². The van der Waals surface area contributed by atoms with Gasteiger partial charge in [-0.15, -0.1) is 0 Å². The first kappa shape index (κ1) is 14.2. The van der Waals surface area contributed by atoms with Crippen LogP contribution in [-0.2, 0) is 10.1 Å². The molecule has 8 heteroatoms. The zero-order valence-corrected chi connectivity index (χ0v) is 13.2. The van der Waals surface area contributed by atoms with E-state index in [2.05, 4.69) is 8.75 Å². The number of benzene rings is 2. The summed E-state index contributed by atoms with van der Waals surface area (Å²) in [4.78, 5) is 0.00125. The predicted molar refractivity (Wildman–Crippen MR) is 81.4 cm³/mol. The lowest BCUT2D eigenvalue weighted by atomic mass is 10.2. The van der Waals surface area contributed by atoms with E-state index in [-0.39, 0.29) is 10.6 Å². The Morgan fingerprint density at radius 1 is 1.19 bits per heavy atom. The van der Waals surface area contributed by atoms with Crippen molar-refractivity contribution in [2.45, 2.75) is 11.8 Å². The van der Waals surface area contributed by atoms with Gasteiger partial charge in [0, 0.05) is 5.02 Å². The smallest absolute Gasteiger partial charge is 0.341 e. The minimum atomic E-state index is -3.98. The number of aryl methyl sites for hydroxylation is 1. The Morgan fingerprint density at radius 3 is 2.76 bits per heavy atom. The van der Waals surface area contributed by atoms with Crippen LogP contribution in [0.5, 0.6) is 5.75 Å². The molecule has 0 aliphatic rings. The minimum absolute atomic E-state index is 0.00125. The normalized spacial score (nSPS) is 11.7. The Kier molecular flexibility index (Phi) is 3.56. The Labute approximate surface area is 130 Å². The van der Waals surface area contributed by atoms with Gasteiger partial charge in [0.15, 0.2) is 0 Å². The number of halogens is 1. The van der Waals surface area contributed by atoms with Gasteiger partial charge in [0.05, 0.1) is 11.7 Å². The fraction of sp³-hybridized carbons (Fsp3) is 0.0769. The van der Waals surface area contributed by atoms with Crippen LogP contribution in [0, 0.1) is 6.92 Å². The van der Waals surface area contributed by atoms with Crippen LogP contribution >= 0.6 is 23.3 Å². The van der Waals surface area contributed by atoms with E-state index in [1.54, 1.807) is 31.2 Å². The maximum atomic E-state index is 12.4. The fourth-order valence-electron chi connectivity index (χ4n) is 1.82. The molecule has 0 saturated carbocycles. The van der Waals surface area contributed by atoms with Crippen molar-refractivity contribution >= 4 is 44.5 Å². The molecule has 0 N–H and O–H groups in total. The van der Waals surface area contributed by atoms with E-state index in [1.165, 1.54) is 12.1 Å². The number of hydrogen-bond acceptors (Lipinski definition) is 6. The van der Waals surface area contributed by atoms with Gasteiger partial charge in [-0.05, 0) is 42.8 Å². The Balaban J connectivity index is 2.04. The summed E-state index contributed by atoms with van der Waals surface area (Å²) in [5, 5.41) is 0.547. The molecule has 0 fully saturated rings. The van der Waals surface area contributed by atoms with E-state index in [1.807, 2.05) is 0 Å². The monoisotopic (exact) mass is 340 g/mol. The zero-order chi connectivity index (χ0) is 15.0. The molecule has 0 saturated heterocycles. The maximum absolute atomic E-state index is 12.4. The number of hydrogen-bond donors (Lipinski definition) is 0. The van der Waals surface area contributed by atoms with Crippen molar-refractivity contribution in [1.29, 1.82) is 0 Å². The second-order valence-corrected chi connectivity index (χ2v) is 6.79. The number of aromatic nitrogens is 2. The summed E-state index contributed by atoms with van der Waals surface area (Å²) in [6, 6.07) is 9.41. The van der Waals surface area contributed by atoms with Crippen molar-refractivity contribution in [3.8, 4) is 5.75 Å². The van der Waals surface area contributed by atoms with Crippen molar-refractivity contribution in [2.24, 2.45) is 0 Å². The molecule has 0 spiro atoms. The largest absolute Gasteiger partial charge is 0.379 e. The van der Waals surface area contributed by atoms with E-state index in [9.17, 15) is 8.42 Å². The SMILES string of the molecule is Cc1cc(OS(=O)(=O)c2cccc3nsnc23)ccc1Cl. The van der Waals surface area contributed by atoms with E-state index in [0.717, 1.165) is 17.3 Å². The molecule has 3 aromatic rings. The first-order valence-corrected chi connectivity index (χ1v) is 8.41. The molecular formula is C13H9ClN2O3S2. The highest BCUT2D eigenvalue weighted by Crippen LogP contribution is 2.27. The highest BCUT2D eigenvalue weighted by Gasteiger charge is 2.22. The van der Waals surface area contributed by atoms with E-state index in [0.29, 0.717) is 16.1 Å². The van der Waals surface area contributed by atoms with Gasteiger partial charge in [0.25, 0.3) is 0 Å². The van der Waals surface area contributed by atoms with Crippen LogP contribution in [0.4, 0.5) is 0 Å².